The minimum absolute atomic E-state index is 0.0717. The predicted octanol–water partition coefficient (Wildman–Crippen LogP) is 4.97. The summed E-state index contributed by atoms with van der Waals surface area (Å²) in [5.41, 5.74) is 1.23. The van der Waals surface area contributed by atoms with E-state index in [0.29, 0.717) is 33.1 Å². The number of nitrogens with one attached hydrogen (secondary N) is 1. The highest BCUT2D eigenvalue weighted by Crippen LogP contribution is 2.34. The Balaban J connectivity index is 1.74. The molecule has 0 saturated carbocycles. The van der Waals surface area contributed by atoms with Crippen LogP contribution in [0.2, 0.25) is 10.0 Å². The number of rotatable bonds is 5. The lowest BCUT2D eigenvalue weighted by Crippen LogP contribution is -2.33. The van der Waals surface area contributed by atoms with Crippen molar-refractivity contribution in [1.82, 2.24) is 4.90 Å². The number of hydrogen-bond donors (Lipinski definition) is 1. The van der Waals surface area contributed by atoms with E-state index in [9.17, 15) is 9.59 Å². The van der Waals surface area contributed by atoms with Crippen LogP contribution in [0.15, 0.2) is 53.5 Å². The molecule has 27 heavy (non-hydrogen) atoms. The summed E-state index contributed by atoms with van der Waals surface area (Å²) >= 11 is 13.4. The molecule has 1 aliphatic heterocycles. The molecular weight excluding hydrogens is 405 g/mol. The molecule has 3 rings (SSSR count). The van der Waals surface area contributed by atoms with Crippen LogP contribution >= 0.6 is 35.0 Å². The average Bonchev–Trinajstić information content (AvgIpc) is 2.92. The maximum Gasteiger partial charge on any atom is 0.242 e. The predicted molar refractivity (Wildman–Crippen MR) is 112 cm³/mol. The number of benzene rings is 2. The van der Waals surface area contributed by atoms with Crippen molar-refractivity contribution >= 4 is 63.3 Å². The molecule has 2 amide bonds. The number of carbonyl (C=O) groups is 2. The Labute approximate surface area is 171 Å². The van der Waals surface area contributed by atoms with E-state index >= 15 is 0 Å². The number of para-hydroxylation sites is 1. The SMILES string of the molecule is CCN1C(=O)C(CC(=O)Nc2ccccc2)SC1=Nc1ccc(Cl)cc1Cl. The lowest BCUT2D eigenvalue weighted by Gasteiger charge is -2.13. The molecule has 1 fully saturated rings. The van der Waals surface area contributed by atoms with E-state index in [1.807, 2.05) is 25.1 Å². The normalized spacial score (nSPS) is 18.2. The fourth-order valence-electron chi connectivity index (χ4n) is 2.59. The van der Waals surface area contributed by atoms with E-state index in [1.54, 1.807) is 35.2 Å². The van der Waals surface area contributed by atoms with Gasteiger partial charge in [-0.2, -0.15) is 0 Å². The van der Waals surface area contributed by atoms with E-state index in [1.165, 1.54) is 11.8 Å². The van der Waals surface area contributed by atoms with E-state index in [0.717, 1.165) is 0 Å². The fourth-order valence-corrected chi connectivity index (χ4v) is 4.26. The van der Waals surface area contributed by atoms with Crippen molar-refractivity contribution in [2.45, 2.75) is 18.6 Å². The molecule has 0 bridgehead atoms. The molecule has 2 aromatic carbocycles. The third-order valence-electron chi connectivity index (χ3n) is 3.89. The largest absolute Gasteiger partial charge is 0.326 e. The van der Waals surface area contributed by atoms with Crippen molar-refractivity contribution < 1.29 is 9.59 Å². The van der Waals surface area contributed by atoms with Crippen LogP contribution in [-0.4, -0.2) is 33.7 Å². The minimum Gasteiger partial charge on any atom is -0.326 e. The maximum absolute atomic E-state index is 12.7. The molecule has 0 aliphatic carbocycles. The summed E-state index contributed by atoms with van der Waals surface area (Å²) in [6.07, 6.45) is 0.0717. The van der Waals surface area contributed by atoms with Gasteiger partial charge in [0.15, 0.2) is 5.17 Å². The first-order valence-electron chi connectivity index (χ1n) is 8.34. The zero-order valence-electron chi connectivity index (χ0n) is 14.5. The molecule has 1 saturated heterocycles. The molecule has 1 N–H and O–H groups in total. The first kappa shape index (κ1) is 19.7. The number of aliphatic imine (C=N–C) groups is 1. The summed E-state index contributed by atoms with van der Waals surface area (Å²) in [6, 6.07) is 14.1. The van der Waals surface area contributed by atoms with Crippen LogP contribution in [0.4, 0.5) is 11.4 Å². The summed E-state index contributed by atoms with van der Waals surface area (Å²) in [5, 5.41) is 3.74. The fraction of sp³-hybridized carbons (Fsp3) is 0.211. The van der Waals surface area contributed by atoms with Crippen LogP contribution in [0, 0.1) is 0 Å². The van der Waals surface area contributed by atoms with E-state index in [-0.39, 0.29) is 18.2 Å². The number of carbonyl (C=O) groups excluding carboxylic acids is 2. The van der Waals surface area contributed by atoms with Crippen LogP contribution in [0.1, 0.15) is 13.3 Å². The maximum atomic E-state index is 12.7. The summed E-state index contributed by atoms with van der Waals surface area (Å²) in [7, 11) is 0. The first-order valence-corrected chi connectivity index (χ1v) is 9.98. The summed E-state index contributed by atoms with van der Waals surface area (Å²) in [6.45, 7) is 2.33. The topological polar surface area (TPSA) is 61.8 Å². The zero-order chi connectivity index (χ0) is 19.4. The van der Waals surface area contributed by atoms with Gasteiger partial charge in [0.05, 0.1) is 10.7 Å². The van der Waals surface area contributed by atoms with Gasteiger partial charge in [-0.25, -0.2) is 4.99 Å². The Morgan fingerprint density at radius 3 is 2.63 bits per heavy atom. The third-order valence-corrected chi connectivity index (χ3v) is 5.60. The minimum atomic E-state index is -0.515. The first-order chi connectivity index (χ1) is 13.0. The highest BCUT2D eigenvalue weighted by molar-refractivity contribution is 8.15. The van der Waals surface area contributed by atoms with Gasteiger partial charge >= 0.3 is 0 Å². The van der Waals surface area contributed by atoms with Crippen LogP contribution in [0.3, 0.4) is 0 Å². The summed E-state index contributed by atoms with van der Waals surface area (Å²) in [5.74, 6) is -0.344. The Morgan fingerprint density at radius 1 is 1.22 bits per heavy atom. The molecule has 0 aromatic heterocycles. The molecule has 8 heteroatoms. The molecule has 2 aromatic rings. The molecule has 5 nitrogen and oxygen atoms in total. The van der Waals surface area contributed by atoms with Crippen molar-refractivity contribution in [3.8, 4) is 0 Å². The highest BCUT2D eigenvalue weighted by atomic mass is 35.5. The second-order valence-electron chi connectivity index (χ2n) is 5.80. The molecule has 1 heterocycles. The molecule has 0 radical (unpaired) electrons. The van der Waals surface area contributed by atoms with E-state index in [2.05, 4.69) is 10.3 Å². The number of thioether (sulfide) groups is 1. The van der Waals surface area contributed by atoms with Crippen LogP contribution in [0.5, 0.6) is 0 Å². The van der Waals surface area contributed by atoms with Crippen molar-refractivity contribution in [2.75, 3.05) is 11.9 Å². The van der Waals surface area contributed by atoms with Gasteiger partial charge in [-0.05, 0) is 37.3 Å². The van der Waals surface area contributed by atoms with Gasteiger partial charge in [0, 0.05) is 23.7 Å². The number of amidine groups is 1. The molecule has 140 valence electrons. The van der Waals surface area contributed by atoms with Gasteiger partial charge < -0.3 is 5.32 Å². The van der Waals surface area contributed by atoms with Gasteiger partial charge in [0.25, 0.3) is 0 Å². The van der Waals surface area contributed by atoms with Gasteiger partial charge in [0.1, 0.15) is 5.25 Å². The smallest absolute Gasteiger partial charge is 0.242 e. The Hall–Kier alpha value is -2.02. The Morgan fingerprint density at radius 2 is 1.96 bits per heavy atom. The lowest BCUT2D eigenvalue weighted by molar-refractivity contribution is -0.128. The van der Waals surface area contributed by atoms with Crippen molar-refractivity contribution in [3.05, 3.63) is 58.6 Å². The molecular formula is C19H17Cl2N3O2S. The van der Waals surface area contributed by atoms with Gasteiger partial charge in [0.2, 0.25) is 11.8 Å². The second kappa shape index (κ2) is 8.78. The number of halogens is 2. The van der Waals surface area contributed by atoms with Crippen molar-refractivity contribution in [1.29, 1.82) is 0 Å². The Kier molecular flexibility index (Phi) is 6.42. The molecule has 1 atom stereocenters. The van der Waals surface area contributed by atoms with E-state index in [4.69, 9.17) is 23.2 Å². The monoisotopic (exact) mass is 421 g/mol. The number of amides is 2. The second-order valence-corrected chi connectivity index (χ2v) is 7.81. The Bertz CT molecular complexity index is 890. The van der Waals surface area contributed by atoms with E-state index < -0.39 is 5.25 Å². The molecule has 0 spiro atoms. The third kappa shape index (κ3) is 4.83. The molecule has 1 unspecified atom stereocenters. The van der Waals surface area contributed by atoms with Gasteiger partial charge in [-0.15, -0.1) is 0 Å². The van der Waals surface area contributed by atoms with Crippen LogP contribution in [-0.2, 0) is 9.59 Å². The van der Waals surface area contributed by atoms with Crippen molar-refractivity contribution in [2.24, 2.45) is 4.99 Å². The highest BCUT2D eigenvalue weighted by Gasteiger charge is 2.38. The quantitative estimate of drug-likeness (QED) is 0.740. The van der Waals surface area contributed by atoms with Crippen LogP contribution in [0.25, 0.3) is 0 Å². The van der Waals surface area contributed by atoms with Crippen molar-refractivity contribution in [3.63, 3.8) is 0 Å². The molecule has 1 aliphatic rings. The summed E-state index contributed by atoms with van der Waals surface area (Å²) < 4.78 is 0. The number of hydrogen-bond acceptors (Lipinski definition) is 4. The zero-order valence-corrected chi connectivity index (χ0v) is 16.8. The average molecular weight is 422 g/mol. The standard InChI is InChI=1S/C19H17Cl2N3O2S/c1-2-24-18(26)16(11-17(25)22-13-6-4-3-5-7-13)27-19(24)23-15-9-8-12(20)10-14(15)21/h3-10,16H,2,11H2,1H3,(H,22,25). The lowest BCUT2D eigenvalue weighted by atomic mass is 10.2. The van der Waals surface area contributed by atoms with Crippen LogP contribution < -0.4 is 5.32 Å². The van der Waals surface area contributed by atoms with Gasteiger partial charge in [-0.1, -0.05) is 53.2 Å². The van der Waals surface area contributed by atoms with Gasteiger partial charge in [-0.3, -0.25) is 14.5 Å². The number of anilines is 1. The summed E-state index contributed by atoms with van der Waals surface area (Å²) in [4.78, 5) is 31.0. The number of nitrogens with zero attached hydrogens (tertiary/aromatic N) is 2.